The van der Waals surface area contributed by atoms with Gasteiger partial charge in [-0.3, -0.25) is 4.79 Å². The fourth-order valence-corrected chi connectivity index (χ4v) is 3.82. The molecule has 0 aromatic heterocycles. The quantitative estimate of drug-likeness (QED) is 0.600. The highest BCUT2D eigenvalue weighted by Crippen LogP contribution is 2.38. The average molecular weight is 421 g/mol. The molecule has 0 N–H and O–H groups in total. The van der Waals surface area contributed by atoms with E-state index in [9.17, 15) is 9.18 Å². The molecule has 3 rings (SSSR count). The van der Waals surface area contributed by atoms with Crippen LogP contribution in [0, 0.1) is 11.7 Å². The molecule has 2 aromatic rings. The Hall–Kier alpha value is -1.88. The minimum absolute atomic E-state index is 0.124. The SMILES string of the molecule is CCOC(=O)CC1CCc2cc(OCc3ccccc3)c(Br)c(F)c2C1. The summed E-state index contributed by atoms with van der Waals surface area (Å²) >= 11 is 3.34. The minimum atomic E-state index is -0.279. The zero-order valence-corrected chi connectivity index (χ0v) is 16.4. The molecule has 2 aromatic carbocycles. The van der Waals surface area contributed by atoms with E-state index in [-0.39, 0.29) is 17.7 Å². The number of carbonyl (C=O) groups is 1. The third-order valence-electron chi connectivity index (χ3n) is 4.68. The van der Waals surface area contributed by atoms with Crippen LogP contribution in [0.4, 0.5) is 4.39 Å². The van der Waals surface area contributed by atoms with Crippen molar-refractivity contribution >= 4 is 21.9 Å². The van der Waals surface area contributed by atoms with Crippen LogP contribution in [0.25, 0.3) is 0 Å². The minimum Gasteiger partial charge on any atom is -0.488 e. The molecule has 1 unspecified atom stereocenters. The number of carbonyl (C=O) groups excluding carboxylic acids is 1. The summed E-state index contributed by atoms with van der Waals surface area (Å²) in [7, 11) is 0. The largest absolute Gasteiger partial charge is 0.488 e. The first-order valence-corrected chi connectivity index (χ1v) is 9.69. The molecule has 0 saturated heterocycles. The standard InChI is InChI=1S/C21H22BrFO3/c1-2-25-19(24)11-15-8-9-16-12-18(20(22)21(23)17(16)10-15)26-13-14-6-4-3-5-7-14/h3-7,12,15H,2,8-11,13H2,1H3. The maximum Gasteiger partial charge on any atom is 0.306 e. The van der Waals surface area contributed by atoms with Crippen molar-refractivity contribution in [3.63, 3.8) is 0 Å². The Labute approximate surface area is 161 Å². The van der Waals surface area contributed by atoms with E-state index in [0.29, 0.717) is 41.8 Å². The van der Waals surface area contributed by atoms with Crippen molar-refractivity contribution in [1.29, 1.82) is 0 Å². The van der Waals surface area contributed by atoms with Gasteiger partial charge in [0.05, 0.1) is 11.1 Å². The van der Waals surface area contributed by atoms with Gasteiger partial charge in [-0.2, -0.15) is 0 Å². The fourth-order valence-electron chi connectivity index (χ4n) is 3.35. The zero-order valence-electron chi connectivity index (χ0n) is 14.8. The predicted molar refractivity (Wildman–Crippen MR) is 102 cm³/mol. The van der Waals surface area contributed by atoms with Crippen LogP contribution >= 0.6 is 15.9 Å². The summed E-state index contributed by atoms with van der Waals surface area (Å²) in [6.07, 6.45) is 2.49. The molecule has 1 aliphatic rings. The van der Waals surface area contributed by atoms with E-state index >= 15 is 0 Å². The molecule has 0 amide bonds. The summed E-state index contributed by atoms with van der Waals surface area (Å²) < 4.78 is 26.1. The number of rotatable bonds is 6. The number of halogens is 2. The van der Waals surface area contributed by atoms with Gasteiger partial charge in [0.25, 0.3) is 0 Å². The van der Waals surface area contributed by atoms with Crippen LogP contribution < -0.4 is 4.74 Å². The average Bonchev–Trinajstić information content (AvgIpc) is 2.65. The van der Waals surface area contributed by atoms with Crippen molar-refractivity contribution in [1.82, 2.24) is 0 Å². The molecule has 0 saturated carbocycles. The van der Waals surface area contributed by atoms with Crippen molar-refractivity contribution in [3.05, 3.63) is 63.4 Å². The maximum atomic E-state index is 14.9. The van der Waals surface area contributed by atoms with Gasteiger partial charge in [-0.1, -0.05) is 30.3 Å². The van der Waals surface area contributed by atoms with Crippen LogP contribution in [0.3, 0.4) is 0 Å². The zero-order chi connectivity index (χ0) is 18.5. The van der Waals surface area contributed by atoms with Gasteiger partial charge in [-0.15, -0.1) is 0 Å². The molecule has 0 bridgehead atoms. The van der Waals surface area contributed by atoms with E-state index < -0.39 is 0 Å². The van der Waals surface area contributed by atoms with Gasteiger partial charge in [0.2, 0.25) is 0 Å². The van der Waals surface area contributed by atoms with E-state index in [2.05, 4.69) is 15.9 Å². The van der Waals surface area contributed by atoms with Crippen LogP contribution in [-0.2, 0) is 29.0 Å². The molecular formula is C21H22BrFO3. The maximum absolute atomic E-state index is 14.9. The van der Waals surface area contributed by atoms with Gasteiger partial charge in [-0.05, 0) is 70.8 Å². The summed E-state index contributed by atoms with van der Waals surface area (Å²) in [5, 5.41) is 0. The van der Waals surface area contributed by atoms with Gasteiger partial charge < -0.3 is 9.47 Å². The number of benzene rings is 2. The summed E-state index contributed by atoms with van der Waals surface area (Å²) in [5.41, 5.74) is 2.69. The van der Waals surface area contributed by atoms with Crippen LogP contribution in [-0.4, -0.2) is 12.6 Å². The molecule has 0 aliphatic heterocycles. The Morgan fingerprint density at radius 3 is 2.81 bits per heavy atom. The van der Waals surface area contributed by atoms with E-state index in [0.717, 1.165) is 24.0 Å². The highest BCUT2D eigenvalue weighted by atomic mass is 79.9. The number of esters is 1. The molecule has 3 nitrogen and oxygen atoms in total. The van der Waals surface area contributed by atoms with Crippen LogP contribution in [0.2, 0.25) is 0 Å². The van der Waals surface area contributed by atoms with Crippen LogP contribution in [0.5, 0.6) is 5.75 Å². The summed E-state index contributed by atoms with van der Waals surface area (Å²) in [5.74, 6) is 0.162. The van der Waals surface area contributed by atoms with Gasteiger partial charge in [0, 0.05) is 6.42 Å². The van der Waals surface area contributed by atoms with E-state index in [1.165, 1.54) is 0 Å². The van der Waals surface area contributed by atoms with Crippen molar-refractivity contribution in [2.75, 3.05) is 6.61 Å². The second-order valence-corrected chi connectivity index (χ2v) is 7.33. The molecule has 0 fully saturated rings. The van der Waals surface area contributed by atoms with Gasteiger partial charge in [0.15, 0.2) is 0 Å². The topological polar surface area (TPSA) is 35.5 Å². The molecule has 0 heterocycles. The third kappa shape index (κ3) is 4.44. The number of hydrogen-bond donors (Lipinski definition) is 0. The smallest absolute Gasteiger partial charge is 0.306 e. The third-order valence-corrected chi connectivity index (χ3v) is 5.42. The molecule has 1 atom stereocenters. The second-order valence-electron chi connectivity index (χ2n) is 6.53. The first-order chi connectivity index (χ1) is 12.6. The second kappa shape index (κ2) is 8.67. The Balaban J connectivity index is 1.73. The molecule has 0 spiro atoms. The number of fused-ring (bicyclic) bond motifs is 1. The normalized spacial score (nSPS) is 16.0. The van der Waals surface area contributed by atoms with Gasteiger partial charge in [-0.25, -0.2) is 4.39 Å². The highest BCUT2D eigenvalue weighted by molar-refractivity contribution is 9.10. The first-order valence-electron chi connectivity index (χ1n) is 8.90. The monoisotopic (exact) mass is 420 g/mol. The van der Waals surface area contributed by atoms with E-state index in [1.807, 2.05) is 36.4 Å². The lowest BCUT2D eigenvalue weighted by atomic mass is 9.82. The Kier molecular flexibility index (Phi) is 6.30. The Morgan fingerprint density at radius 2 is 2.08 bits per heavy atom. The Morgan fingerprint density at radius 1 is 1.31 bits per heavy atom. The highest BCUT2D eigenvalue weighted by Gasteiger charge is 2.27. The molecular weight excluding hydrogens is 399 g/mol. The molecule has 26 heavy (non-hydrogen) atoms. The van der Waals surface area contributed by atoms with E-state index in [4.69, 9.17) is 9.47 Å². The van der Waals surface area contributed by atoms with Crippen molar-refractivity contribution in [2.24, 2.45) is 5.92 Å². The summed E-state index contributed by atoms with van der Waals surface area (Å²) in [6, 6.07) is 11.7. The van der Waals surface area contributed by atoms with E-state index in [1.54, 1.807) is 6.92 Å². The van der Waals surface area contributed by atoms with Crippen LogP contribution in [0.15, 0.2) is 40.9 Å². The Bertz CT molecular complexity index is 777. The van der Waals surface area contributed by atoms with Crippen molar-refractivity contribution in [2.45, 2.75) is 39.2 Å². The lowest BCUT2D eigenvalue weighted by Crippen LogP contribution is -2.20. The molecule has 138 valence electrons. The lowest BCUT2D eigenvalue weighted by Gasteiger charge is -2.25. The number of ether oxygens (including phenoxy) is 2. The first kappa shape index (κ1) is 18.9. The predicted octanol–water partition coefficient (Wildman–Crippen LogP) is 5.23. The van der Waals surface area contributed by atoms with Crippen LogP contribution in [0.1, 0.15) is 36.5 Å². The fraction of sp³-hybridized carbons (Fsp3) is 0.381. The molecule has 0 radical (unpaired) electrons. The van der Waals surface area contributed by atoms with Crippen molar-refractivity contribution < 1.29 is 18.7 Å². The van der Waals surface area contributed by atoms with Crippen molar-refractivity contribution in [3.8, 4) is 5.75 Å². The van der Waals surface area contributed by atoms with Gasteiger partial charge >= 0.3 is 5.97 Å². The summed E-state index contributed by atoms with van der Waals surface area (Å²) in [6.45, 7) is 2.56. The molecule has 1 aliphatic carbocycles. The lowest BCUT2D eigenvalue weighted by molar-refractivity contribution is -0.144. The summed E-state index contributed by atoms with van der Waals surface area (Å²) in [4.78, 5) is 11.7. The van der Waals surface area contributed by atoms with Gasteiger partial charge in [0.1, 0.15) is 18.2 Å². The number of hydrogen-bond acceptors (Lipinski definition) is 3. The molecule has 5 heteroatoms. The number of aryl methyl sites for hydroxylation is 1.